The number of carboxylic acid groups (broad SMARTS) is 1. The molecular formula is C19H24N2O2. The van der Waals surface area contributed by atoms with Gasteiger partial charge in [-0.15, -0.1) is 13.2 Å². The average Bonchev–Trinajstić information content (AvgIpc) is 2.51. The van der Waals surface area contributed by atoms with Crippen molar-refractivity contribution >= 4 is 5.97 Å². The zero-order valence-corrected chi connectivity index (χ0v) is 13.6. The van der Waals surface area contributed by atoms with Crippen LogP contribution in [0.1, 0.15) is 42.2 Å². The molecule has 0 fully saturated rings. The Bertz CT molecular complexity index is 622. The summed E-state index contributed by atoms with van der Waals surface area (Å²) >= 11 is 0. The number of carboxylic acids is 1. The van der Waals surface area contributed by atoms with E-state index in [4.69, 9.17) is 0 Å². The first-order valence-electron chi connectivity index (χ1n) is 7.88. The average molecular weight is 312 g/mol. The lowest BCUT2D eigenvalue weighted by Gasteiger charge is -2.40. The van der Waals surface area contributed by atoms with E-state index in [2.05, 4.69) is 36.0 Å². The number of rotatable bonds is 7. The van der Waals surface area contributed by atoms with Crippen LogP contribution in [-0.4, -0.2) is 33.0 Å². The second kappa shape index (κ2) is 7.88. The van der Waals surface area contributed by atoms with Gasteiger partial charge in [-0.1, -0.05) is 23.8 Å². The van der Waals surface area contributed by atoms with Crippen LogP contribution in [0, 0.1) is 0 Å². The zero-order valence-electron chi connectivity index (χ0n) is 13.6. The van der Waals surface area contributed by atoms with Crippen molar-refractivity contribution in [3.63, 3.8) is 0 Å². The molecule has 0 aromatic carbocycles. The van der Waals surface area contributed by atoms with E-state index in [0.29, 0.717) is 18.3 Å². The molecule has 0 saturated heterocycles. The quantitative estimate of drug-likeness (QED) is 0.778. The molecule has 0 unspecified atom stereocenters. The van der Waals surface area contributed by atoms with Gasteiger partial charge in [-0.25, -0.2) is 4.79 Å². The van der Waals surface area contributed by atoms with Crippen molar-refractivity contribution < 1.29 is 9.90 Å². The SMILES string of the molecule is C=CC[C@H]1CC(C)=C[C@H](CC=C)N1Cc1ncccc1C(=O)O. The van der Waals surface area contributed by atoms with E-state index in [1.807, 2.05) is 12.2 Å². The number of pyridine rings is 1. The van der Waals surface area contributed by atoms with Crippen LogP contribution in [0.5, 0.6) is 0 Å². The molecule has 1 aromatic heterocycles. The van der Waals surface area contributed by atoms with E-state index in [9.17, 15) is 9.90 Å². The lowest BCUT2D eigenvalue weighted by molar-refractivity contribution is 0.0690. The molecule has 1 N–H and O–H groups in total. The first-order chi connectivity index (χ1) is 11.1. The molecule has 1 aliphatic heterocycles. The van der Waals surface area contributed by atoms with Gasteiger partial charge in [-0.2, -0.15) is 0 Å². The minimum atomic E-state index is -0.933. The van der Waals surface area contributed by atoms with Gasteiger partial charge < -0.3 is 5.11 Å². The fourth-order valence-electron chi connectivity index (χ4n) is 3.22. The van der Waals surface area contributed by atoms with Crippen LogP contribution in [0.25, 0.3) is 0 Å². The summed E-state index contributed by atoms with van der Waals surface area (Å²) in [6.45, 7) is 10.4. The highest BCUT2D eigenvalue weighted by molar-refractivity contribution is 5.88. The summed E-state index contributed by atoms with van der Waals surface area (Å²) in [6, 6.07) is 3.80. The van der Waals surface area contributed by atoms with Crippen LogP contribution in [0.3, 0.4) is 0 Å². The van der Waals surface area contributed by atoms with E-state index in [-0.39, 0.29) is 11.6 Å². The molecule has 1 aromatic rings. The summed E-state index contributed by atoms with van der Waals surface area (Å²) in [5.41, 5.74) is 2.24. The third kappa shape index (κ3) is 4.17. The fourth-order valence-corrected chi connectivity index (χ4v) is 3.22. The Balaban J connectivity index is 2.34. The van der Waals surface area contributed by atoms with Gasteiger partial charge in [0, 0.05) is 24.8 Å². The fraction of sp³-hybridized carbons (Fsp3) is 0.368. The monoisotopic (exact) mass is 312 g/mol. The molecule has 0 spiro atoms. The molecule has 2 rings (SSSR count). The molecule has 4 heteroatoms. The standard InChI is InChI=1S/C19H24N2O2/c1-4-7-15-11-14(3)12-16(8-5-2)21(15)13-18-17(19(22)23)9-6-10-20-18/h4-6,9-11,15-16H,1-2,7-8,12-13H2,3H3,(H,22,23)/t15-,16-/m0/s1. The molecular weight excluding hydrogens is 288 g/mol. The third-order valence-electron chi connectivity index (χ3n) is 4.23. The first kappa shape index (κ1) is 17.2. The maximum absolute atomic E-state index is 11.4. The number of hydrogen-bond acceptors (Lipinski definition) is 3. The van der Waals surface area contributed by atoms with Gasteiger partial charge in [-0.3, -0.25) is 9.88 Å². The van der Waals surface area contributed by atoms with Crippen molar-refractivity contribution in [3.8, 4) is 0 Å². The summed E-state index contributed by atoms with van der Waals surface area (Å²) in [5, 5.41) is 9.37. The maximum Gasteiger partial charge on any atom is 0.337 e. The molecule has 0 radical (unpaired) electrons. The van der Waals surface area contributed by atoms with E-state index >= 15 is 0 Å². The second-order valence-electron chi connectivity index (χ2n) is 5.96. The second-order valence-corrected chi connectivity index (χ2v) is 5.96. The van der Waals surface area contributed by atoms with Crippen molar-refractivity contribution in [2.24, 2.45) is 0 Å². The van der Waals surface area contributed by atoms with E-state index < -0.39 is 5.97 Å². The summed E-state index contributed by atoms with van der Waals surface area (Å²) in [5.74, 6) is -0.933. The molecule has 2 heterocycles. The van der Waals surface area contributed by atoms with Gasteiger partial charge in [-0.05, 0) is 38.3 Å². The number of aromatic nitrogens is 1. The Labute approximate surface area is 137 Å². The highest BCUT2D eigenvalue weighted by atomic mass is 16.4. The van der Waals surface area contributed by atoms with Gasteiger partial charge >= 0.3 is 5.97 Å². The number of nitrogens with zero attached hydrogens (tertiary/aromatic N) is 2. The van der Waals surface area contributed by atoms with Gasteiger partial charge in [0.15, 0.2) is 0 Å². The Hall–Kier alpha value is -2.20. The van der Waals surface area contributed by atoms with E-state index in [0.717, 1.165) is 19.3 Å². The minimum Gasteiger partial charge on any atom is -0.478 e. The van der Waals surface area contributed by atoms with E-state index in [1.165, 1.54) is 5.57 Å². The molecule has 0 amide bonds. The number of aromatic carboxylic acids is 1. The molecule has 0 saturated carbocycles. The summed E-state index contributed by atoms with van der Waals surface area (Å²) in [6.07, 6.45) is 10.4. The maximum atomic E-state index is 11.4. The predicted molar refractivity (Wildman–Crippen MR) is 92.3 cm³/mol. The number of hydrogen-bond donors (Lipinski definition) is 1. The molecule has 1 aliphatic rings. The molecule has 23 heavy (non-hydrogen) atoms. The van der Waals surface area contributed by atoms with Gasteiger partial charge in [0.2, 0.25) is 0 Å². The zero-order chi connectivity index (χ0) is 16.8. The van der Waals surface area contributed by atoms with Crippen LogP contribution in [-0.2, 0) is 6.54 Å². The largest absolute Gasteiger partial charge is 0.478 e. The lowest BCUT2D eigenvalue weighted by Crippen LogP contribution is -2.44. The van der Waals surface area contributed by atoms with Gasteiger partial charge in [0.05, 0.1) is 11.3 Å². The van der Waals surface area contributed by atoms with Gasteiger partial charge in [0.1, 0.15) is 0 Å². The van der Waals surface area contributed by atoms with Crippen molar-refractivity contribution in [3.05, 3.63) is 66.5 Å². The summed E-state index contributed by atoms with van der Waals surface area (Å²) in [7, 11) is 0. The van der Waals surface area contributed by atoms with Gasteiger partial charge in [0.25, 0.3) is 0 Å². The minimum absolute atomic E-state index is 0.217. The van der Waals surface area contributed by atoms with Crippen LogP contribution >= 0.6 is 0 Å². The van der Waals surface area contributed by atoms with E-state index in [1.54, 1.807) is 18.3 Å². The summed E-state index contributed by atoms with van der Waals surface area (Å²) < 4.78 is 0. The van der Waals surface area contributed by atoms with Crippen molar-refractivity contribution in [1.29, 1.82) is 0 Å². The molecule has 4 nitrogen and oxygen atoms in total. The Morgan fingerprint density at radius 3 is 2.83 bits per heavy atom. The molecule has 2 atom stereocenters. The summed E-state index contributed by atoms with van der Waals surface area (Å²) in [4.78, 5) is 18.1. The lowest BCUT2D eigenvalue weighted by atomic mass is 9.92. The highest BCUT2D eigenvalue weighted by Crippen LogP contribution is 2.28. The molecule has 0 bridgehead atoms. The van der Waals surface area contributed by atoms with Crippen molar-refractivity contribution in [2.75, 3.05) is 0 Å². The third-order valence-corrected chi connectivity index (χ3v) is 4.23. The number of carbonyl (C=O) groups is 1. The van der Waals surface area contributed by atoms with Crippen molar-refractivity contribution in [1.82, 2.24) is 9.88 Å². The first-order valence-corrected chi connectivity index (χ1v) is 7.88. The molecule has 122 valence electrons. The normalized spacial score (nSPS) is 21.5. The Kier molecular flexibility index (Phi) is 5.88. The Morgan fingerprint density at radius 2 is 2.17 bits per heavy atom. The molecule has 0 aliphatic carbocycles. The van der Waals surface area contributed by atoms with Crippen molar-refractivity contribution in [2.45, 2.75) is 44.8 Å². The predicted octanol–water partition coefficient (Wildman–Crippen LogP) is 3.82. The highest BCUT2D eigenvalue weighted by Gasteiger charge is 2.29. The topological polar surface area (TPSA) is 53.4 Å². The van der Waals surface area contributed by atoms with Crippen LogP contribution in [0.15, 0.2) is 55.3 Å². The van der Waals surface area contributed by atoms with Crippen LogP contribution < -0.4 is 0 Å². The van der Waals surface area contributed by atoms with Crippen LogP contribution in [0.4, 0.5) is 0 Å². The Morgan fingerprint density at radius 1 is 1.43 bits per heavy atom. The smallest absolute Gasteiger partial charge is 0.337 e. The van der Waals surface area contributed by atoms with Crippen LogP contribution in [0.2, 0.25) is 0 Å².